The van der Waals surface area contributed by atoms with Gasteiger partial charge in [-0.05, 0) is 58.0 Å². The van der Waals surface area contributed by atoms with E-state index >= 15 is 0 Å². The lowest BCUT2D eigenvalue weighted by atomic mass is 9.78. The van der Waals surface area contributed by atoms with Crippen molar-refractivity contribution >= 4 is 29.0 Å². The molecule has 2 aromatic carbocycles. The number of anilines is 2. The van der Waals surface area contributed by atoms with Crippen molar-refractivity contribution < 1.29 is 23.6 Å². The highest BCUT2D eigenvalue weighted by atomic mass is 35.5. The van der Waals surface area contributed by atoms with Crippen LogP contribution in [-0.4, -0.2) is 37.4 Å². The number of halogens is 1. The first-order chi connectivity index (χ1) is 16.5. The molecule has 2 atom stereocenters. The molecule has 5 rings (SSSR count). The number of benzene rings is 2. The van der Waals surface area contributed by atoms with Gasteiger partial charge in [0.05, 0.1) is 27.4 Å². The van der Waals surface area contributed by atoms with Crippen molar-refractivity contribution in [1.29, 1.82) is 0 Å². The molecule has 0 amide bonds. The van der Waals surface area contributed by atoms with Crippen molar-refractivity contribution in [2.45, 2.75) is 24.8 Å². The number of nitrogens with zero attached hydrogens (tertiary/aromatic N) is 2. The zero-order valence-electron chi connectivity index (χ0n) is 18.8. The Hall–Kier alpha value is -3.72. The summed E-state index contributed by atoms with van der Waals surface area (Å²) < 4.78 is 21.5. The number of carbonyl (C=O) groups is 1. The fourth-order valence-corrected chi connectivity index (χ4v) is 4.72. The van der Waals surface area contributed by atoms with Crippen molar-refractivity contribution in [1.82, 2.24) is 10.3 Å². The summed E-state index contributed by atoms with van der Waals surface area (Å²) in [6.45, 7) is 0. The van der Waals surface area contributed by atoms with Gasteiger partial charge in [0.15, 0.2) is 17.3 Å². The summed E-state index contributed by atoms with van der Waals surface area (Å²) in [5, 5.41) is 15.2. The lowest BCUT2D eigenvalue weighted by Gasteiger charge is -2.30. The molecular formula is C24H23ClN4O5. The molecule has 0 saturated heterocycles. The molecule has 176 valence electrons. The van der Waals surface area contributed by atoms with Crippen molar-refractivity contribution in [3.63, 3.8) is 0 Å². The zero-order chi connectivity index (χ0) is 23.8. The van der Waals surface area contributed by atoms with Crippen LogP contribution in [0.15, 0.2) is 52.3 Å². The zero-order valence-corrected chi connectivity index (χ0v) is 19.6. The molecular weight excluding hydrogens is 460 g/mol. The molecule has 0 spiro atoms. The average molecular weight is 483 g/mol. The Morgan fingerprint density at radius 3 is 2.26 bits per heavy atom. The largest absolute Gasteiger partial charge is 0.493 e. The average Bonchev–Trinajstić information content (AvgIpc) is 3.21. The van der Waals surface area contributed by atoms with Gasteiger partial charge in [0.25, 0.3) is 0 Å². The highest BCUT2D eigenvalue weighted by Gasteiger charge is 2.38. The van der Waals surface area contributed by atoms with Crippen molar-refractivity contribution in [2.75, 3.05) is 32.0 Å². The molecule has 1 aromatic heterocycles. The molecule has 3 aromatic rings. The van der Waals surface area contributed by atoms with E-state index in [4.69, 9.17) is 30.4 Å². The summed E-state index contributed by atoms with van der Waals surface area (Å²) in [7, 11) is 4.65. The second-order valence-electron chi connectivity index (χ2n) is 8.09. The third-order valence-corrected chi connectivity index (χ3v) is 6.45. The lowest BCUT2D eigenvalue weighted by Crippen LogP contribution is -2.27. The molecule has 0 radical (unpaired) electrons. The molecule has 0 bridgehead atoms. The minimum atomic E-state index is -0.539. The normalized spacial score (nSPS) is 19.4. The van der Waals surface area contributed by atoms with Gasteiger partial charge in [-0.15, -0.1) is 0 Å². The number of methoxy groups -OCH3 is 3. The predicted octanol–water partition coefficient (Wildman–Crippen LogP) is 4.73. The number of ketones is 1. The van der Waals surface area contributed by atoms with E-state index in [1.54, 1.807) is 21.3 Å². The van der Waals surface area contributed by atoms with E-state index < -0.39 is 6.04 Å². The van der Waals surface area contributed by atoms with E-state index in [0.717, 1.165) is 16.8 Å². The number of fused-ring (bicyclic) bond motifs is 1. The Morgan fingerprint density at radius 2 is 1.62 bits per heavy atom. The lowest BCUT2D eigenvalue weighted by molar-refractivity contribution is -0.116. The van der Waals surface area contributed by atoms with E-state index in [1.807, 2.05) is 36.4 Å². The first-order valence-electron chi connectivity index (χ1n) is 10.7. The summed E-state index contributed by atoms with van der Waals surface area (Å²) in [5.41, 5.74) is 3.17. The van der Waals surface area contributed by atoms with Crippen molar-refractivity contribution in [3.05, 3.63) is 63.8 Å². The number of nitrogens with one attached hydrogen (secondary N) is 2. The predicted molar refractivity (Wildman–Crippen MR) is 126 cm³/mol. The smallest absolute Gasteiger partial charge is 0.219 e. The van der Waals surface area contributed by atoms with Crippen LogP contribution in [0.1, 0.15) is 35.9 Å². The fourth-order valence-electron chi connectivity index (χ4n) is 4.59. The highest BCUT2D eigenvalue weighted by Crippen LogP contribution is 2.46. The Morgan fingerprint density at radius 1 is 0.941 bits per heavy atom. The molecule has 0 saturated carbocycles. The van der Waals surface area contributed by atoms with Crippen molar-refractivity contribution in [2.24, 2.45) is 0 Å². The maximum Gasteiger partial charge on any atom is 0.219 e. The van der Waals surface area contributed by atoms with Crippen LogP contribution < -0.4 is 24.8 Å². The number of ether oxygens (including phenoxy) is 3. The number of rotatable bonds is 5. The summed E-state index contributed by atoms with van der Waals surface area (Å²) in [6, 6.07) is 10.7. The molecule has 2 N–H and O–H groups in total. The summed E-state index contributed by atoms with van der Waals surface area (Å²) >= 11 is 6.06. The van der Waals surface area contributed by atoms with Crippen LogP contribution in [0, 0.1) is 0 Å². The number of carbonyl (C=O) groups excluding carboxylic acids is 1. The van der Waals surface area contributed by atoms with E-state index in [2.05, 4.69) is 20.9 Å². The minimum absolute atomic E-state index is 0.00184. The van der Waals surface area contributed by atoms with Gasteiger partial charge >= 0.3 is 0 Å². The number of Topliss-reactive ketones (excluding diaryl/α,β-unsaturated/α-hetero) is 1. The SMILES string of the molecule is COc1cc([C@H]2Nc3nonc3NC3=C2C(=O)C[C@@H](c2ccc(Cl)cc2)C3)cc(OC)c1OC. The van der Waals surface area contributed by atoms with Crippen LogP contribution in [0.4, 0.5) is 11.6 Å². The highest BCUT2D eigenvalue weighted by molar-refractivity contribution is 6.30. The van der Waals surface area contributed by atoms with Gasteiger partial charge in [-0.25, -0.2) is 4.63 Å². The molecule has 1 aliphatic carbocycles. The third kappa shape index (κ3) is 3.81. The maximum absolute atomic E-state index is 13.6. The van der Waals surface area contributed by atoms with Crippen LogP contribution in [0.5, 0.6) is 17.2 Å². The topological polar surface area (TPSA) is 108 Å². The number of hydrogen-bond donors (Lipinski definition) is 2. The molecule has 1 aliphatic heterocycles. The monoisotopic (exact) mass is 482 g/mol. The van der Waals surface area contributed by atoms with E-state index in [9.17, 15) is 4.79 Å². The quantitative estimate of drug-likeness (QED) is 0.533. The number of allylic oxidation sites excluding steroid dienone is 1. The third-order valence-electron chi connectivity index (χ3n) is 6.20. The van der Waals surface area contributed by atoms with Gasteiger partial charge in [-0.1, -0.05) is 23.7 Å². The minimum Gasteiger partial charge on any atom is -0.493 e. The van der Waals surface area contributed by atoms with Crippen molar-refractivity contribution in [3.8, 4) is 17.2 Å². The van der Waals surface area contributed by atoms with Gasteiger partial charge in [-0.2, -0.15) is 0 Å². The Labute approximate surface area is 201 Å². The van der Waals surface area contributed by atoms with Crippen LogP contribution >= 0.6 is 11.6 Å². The summed E-state index contributed by atoms with van der Waals surface area (Å²) in [5.74, 6) is 2.28. The van der Waals surface area contributed by atoms with E-state index in [1.165, 1.54) is 0 Å². The first-order valence-corrected chi connectivity index (χ1v) is 11.1. The van der Waals surface area contributed by atoms with E-state index in [-0.39, 0.29) is 11.7 Å². The first kappa shape index (κ1) is 22.1. The van der Waals surface area contributed by atoms with Gasteiger partial charge in [0, 0.05) is 22.7 Å². The number of aromatic nitrogens is 2. The molecule has 0 fully saturated rings. The second kappa shape index (κ2) is 8.90. The van der Waals surface area contributed by atoms with Crippen LogP contribution in [0.25, 0.3) is 0 Å². The van der Waals surface area contributed by atoms with Gasteiger partial charge in [-0.3, -0.25) is 4.79 Å². The standard InChI is InChI=1S/C24H23ClN4O5/c1-31-18-10-14(11-19(32-2)22(18)33-3)21-20-16(26-23-24(27-21)29-34-28-23)8-13(9-17(20)30)12-4-6-15(25)7-5-12/h4-7,10-11,13,21H,8-9H2,1-3H3,(H,26,28)(H,27,29)/t13-,21+/m0/s1. The molecule has 2 heterocycles. The van der Waals surface area contributed by atoms with Gasteiger partial charge in [0.1, 0.15) is 0 Å². The fraction of sp³-hybridized carbons (Fsp3) is 0.292. The van der Waals surface area contributed by atoms with Crippen LogP contribution in [-0.2, 0) is 4.79 Å². The molecule has 34 heavy (non-hydrogen) atoms. The summed E-state index contributed by atoms with van der Waals surface area (Å²) in [4.78, 5) is 13.6. The van der Waals surface area contributed by atoms with Gasteiger partial charge < -0.3 is 24.8 Å². The molecule has 9 nitrogen and oxygen atoms in total. The Bertz CT molecular complexity index is 1250. The number of hydrogen-bond acceptors (Lipinski definition) is 9. The van der Waals surface area contributed by atoms with E-state index in [0.29, 0.717) is 52.3 Å². The Kier molecular flexibility index (Phi) is 5.79. The Balaban J connectivity index is 1.62. The van der Waals surface area contributed by atoms with Crippen LogP contribution in [0.3, 0.4) is 0 Å². The maximum atomic E-state index is 13.6. The second-order valence-corrected chi connectivity index (χ2v) is 8.53. The summed E-state index contributed by atoms with van der Waals surface area (Å²) in [6.07, 6.45) is 0.970. The molecule has 10 heteroatoms. The molecule has 0 unspecified atom stereocenters. The van der Waals surface area contributed by atoms with Crippen LogP contribution in [0.2, 0.25) is 5.02 Å². The van der Waals surface area contributed by atoms with Gasteiger partial charge in [0.2, 0.25) is 17.4 Å². The molecule has 2 aliphatic rings.